The maximum absolute atomic E-state index is 12.7. The Bertz CT molecular complexity index is 846. The van der Waals surface area contributed by atoms with Crippen LogP contribution in [-0.4, -0.2) is 86.9 Å². The van der Waals surface area contributed by atoms with Crippen molar-refractivity contribution in [1.82, 2.24) is 16.0 Å². The molecule has 4 unspecified atom stereocenters. The Labute approximate surface area is 191 Å². The van der Waals surface area contributed by atoms with Crippen molar-refractivity contribution in [2.24, 2.45) is 17.2 Å². The fourth-order valence-electron chi connectivity index (χ4n) is 2.44. The Morgan fingerprint density at radius 2 is 1.09 bits per heavy atom. The molecule has 0 aliphatic heterocycles. The van der Waals surface area contributed by atoms with E-state index in [4.69, 9.17) is 32.5 Å². The van der Waals surface area contributed by atoms with Gasteiger partial charge in [0.15, 0.2) is 0 Å². The van der Waals surface area contributed by atoms with Gasteiger partial charge >= 0.3 is 17.9 Å². The average molecular weight is 490 g/mol. The van der Waals surface area contributed by atoms with Crippen LogP contribution in [0.3, 0.4) is 0 Å². The fourth-order valence-corrected chi connectivity index (χ4v) is 2.44. The summed E-state index contributed by atoms with van der Waals surface area (Å²) in [5.41, 5.74) is 15.5. The van der Waals surface area contributed by atoms with Crippen molar-refractivity contribution >= 4 is 47.4 Å². The fraction of sp³-hybridized carbons (Fsp3) is 0.529. The first-order valence-electron chi connectivity index (χ1n) is 9.53. The molecule has 0 saturated carbocycles. The van der Waals surface area contributed by atoms with E-state index in [2.05, 4.69) is 5.32 Å². The lowest BCUT2D eigenvalue weighted by Gasteiger charge is -2.24. The van der Waals surface area contributed by atoms with Crippen molar-refractivity contribution in [2.45, 2.75) is 56.3 Å². The molecule has 17 heteroatoms. The molecule has 0 aromatic carbocycles. The summed E-state index contributed by atoms with van der Waals surface area (Å²) in [4.78, 5) is 92.2. The Kier molecular flexibility index (Phi) is 12.2. The van der Waals surface area contributed by atoms with Crippen LogP contribution >= 0.6 is 0 Å². The first-order chi connectivity index (χ1) is 15.6. The average Bonchev–Trinajstić information content (AvgIpc) is 2.68. The van der Waals surface area contributed by atoms with E-state index in [0.29, 0.717) is 0 Å². The van der Waals surface area contributed by atoms with E-state index in [-0.39, 0.29) is 0 Å². The molecule has 5 amide bonds. The van der Waals surface area contributed by atoms with Gasteiger partial charge in [-0.3, -0.25) is 33.6 Å². The van der Waals surface area contributed by atoms with Crippen LogP contribution in [-0.2, 0) is 38.4 Å². The summed E-state index contributed by atoms with van der Waals surface area (Å²) in [7, 11) is 0. The Morgan fingerprint density at radius 1 is 0.618 bits per heavy atom. The number of carbonyl (C=O) groups is 8. The topological polar surface area (TPSA) is 311 Å². The van der Waals surface area contributed by atoms with E-state index in [0.717, 1.165) is 0 Å². The highest BCUT2D eigenvalue weighted by molar-refractivity contribution is 5.97. The van der Waals surface area contributed by atoms with Gasteiger partial charge in [-0.15, -0.1) is 0 Å². The number of hydrogen-bond acceptors (Lipinski definition) is 9. The Morgan fingerprint density at radius 3 is 1.53 bits per heavy atom. The molecule has 0 aromatic heterocycles. The lowest BCUT2D eigenvalue weighted by molar-refractivity contribution is -0.147. The van der Waals surface area contributed by atoms with Gasteiger partial charge in [-0.2, -0.15) is 0 Å². The summed E-state index contributed by atoms with van der Waals surface area (Å²) in [6.45, 7) is 0. The van der Waals surface area contributed by atoms with Crippen LogP contribution in [0, 0.1) is 0 Å². The third-order valence-corrected chi connectivity index (χ3v) is 4.08. The molecule has 0 rings (SSSR count). The largest absolute Gasteiger partial charge is 0.481 e. The van der Waals surface area contributed by atoms with Crippen LogP contribution in [0.25, 0.3) is 0 Å². The third-order valence-electron chi connectivity index (χ3n) is 4.08. The molecule has 0 saturated heterocycles. The molecule has 12 N–H and O–H groups in total. The van der Waals surface area contributed by atoms with Crippen LogP contribution in [0.4, 0.5) is 0 Å². The quantitative estimate of drug-likeness (QED) is 0.0981. The second-order valence-corrected chi connectivity index (χ2v) is 7.00. The van der Waals surface area contributed by atoms with E-state index in [1.54, 1.807) is 0 Å². The first kappa shape index (κ1) is 29.7. The van der Waals surface area contributed by atoms with Gasteiger partial charge in [0, 0.05) is 6.42 Å². The standard InChI is InChI=1S/C17H26N6O11/c18-6(3-12(26)27)14(30)21-7(1-2-10(19)24)15(31)22-8(4-11(20)25)16(32)23-9(17(33)34)5-13(28)29/h6-9H,1-5,18H2,(H2,19,24)(H2,20,25)(H,21,30)(H,22,31)(H,23,32)(H,26,27)(H,28,29)(H,33,34). The van der Waals surface area contributed by atoms with Crippen LogP contribution in [0.15, 0.2) is 0 Å². The van der Waals surface area contributed by atoms with E-state index in [1.165, 1.54) is 0 Å². The summed E-state index contributed by atoms with van der Waals surface area (Å²) in [5.74, 6) is -10.2. The van der Waals surface area contributed by atoms with Crippen molar-refractivity contribution in [2.75, 3.05) is 0 Å². The molecule has 34 heavy (non-hydrogen) atoms. The summed E-state index contributed by atoms with van der Waals surface area (Å²) < 4.78 is 0. The summed E-state index contributed by atoms with van der Waals surface area (Å²) in [6.07, 6.45) is -3.49. The van der Waals surface area contributed by atoms with Crippen molar-refractivity contribution in [3.05, 3.63) is 0 Å². The molecular formula is C17H26N6O11. The molecule has 0 aliphatic rings. The maximum Gasteiger partial charge on any atom is 0.326 e. The summed E-state index contributed by atoms with van der Waals surface area (Å²) >= 11 is 0. The molecule has 0 radical (unpaired) electrons. The van der Waals surface area contributed by atoms with Gasteiger partial charge in [0.2, 0.25) is 29.5 Å². The summed E-state index contributed by atoms with van der Waals surface area (Å²) in [6, 6.07) is -6.84. The number of nitrogens with one attached hydrogen (secondary N) is 3. The highest BCUT2D eigenvalue weighted by Gasteiger charge is 2.32. The first-order valence-corrected chi connectivity index (χ1v) is 9.53. The number of carbonyl (C=O) groups excluding carboxylic acids is 5. The van der Waals surface area contributed by atoms with Crippen molar-refractivity contribution in [3.8, 4) is 0 Å². The van der Waals surface area contributed by atoms with Crippen LogP contribution in [0.1, 0.15) is 32.1 Å². The number of carboxylic acids is 3. The number of hydrogen-bond donors (Lipinski definition) is 9. The number of aliphatic carboxylic acids is 3. The van der Waals surface area contributed by atoms with Gasteiger partial charge in [-0.25, -0.2) is 4.79 Å². The zero-order chi connectivity index (χ0) is 26.6. The lowest BCUT2D eigenvalue weighted by Crippen LogP contribution is -2.58. The molecule has 0 aliphatic carbocycles. The molecule has 17 nitrogen and oxygen atoms in total. The number of carboxylic acid groups (broad SMARTS) is 3. The highest BCUT2D eigenvalue weighted by Crippen LogP contribution is 2.03. The van der Waals surface area contributed by atoms with Crippen molar-refractivity contribution < 1.29 is 53.7 Å². The minimum absolute atomic E-state index is 0.408. The molecule has 4 atom stereocenters. The zero-order valence-electron chi connectivity index (χ0n) is 17.7. The molecule has 0 heterocycles. The van der Waals surface area contributed by atoms with Crippen LogP contribution < -0.4 is 33.2 Å². The number of primary amides is 2. The third kappa shape index (κ3) is 11.9. The van der Waals surface area contributed by atoms with Gasteiger partial charge < -0.3 is 48.5 Å². The van der Waals surface area contributed by atoms with Crippen LogP contribution in [0.5, 0.6) is 0 Å². The van der Waals surface area contributed by atoms with Gasteiger partial charge in [0.1, 0.15) is 18.1 Å². The number of nitrogens with two attached hydrogens (primary N) is 3. The second kappa shape index (κ2) is 14.0. The minimum Gasteiger partial charge on any atom is -0.481 e. The predicted octanol–water partition coefficient (Wildman–Crippen LogP) is -5.06. The molecule has 0 bridgehead atoms. The molecule has 0 fully saturated rings. The maximum atomic E-state index is 12.7. The van der Waals surface area contributed by atoms with Gasteiger partial charge in [0.05, 0.1) is 25.3 Å². The van der Waals surface area contributed by atoms with E-state index >= 15 is 0 Å². The molecular weight excluding hydrogens is 464 g/mol. The van der Waals surface area contributed by atoms with E-state index in [1.807, 2.05) is 10.6 Å². The second-order valence-electron chi connectivity index (χ2n) is 7.00. The normalized spacial score (nSPS) is 13.9. The molecule has 0 aromatic rings. The molecule has 190 valence electrons. The smallest absolute Gasteiger partial charge is 0.326 e. The zero-order valence-corrected chi connectivity index (χ0v) is 17.7. The SMILES string of the molecule is NC(=O)CCC(NC(=O)C(N)CC(=O)O)C(=O)NC(CC(N)=O)C(=O)NC(CC(=O)O)C(=O)O. The number of amides is 5. The van der Waals surface area contributed by atoms with Gasteiger partial charge in [0.25, 0.3) is 0 Å². The van der Waals surface area contributed by atoms with Gasteiger partial charge in [-0.1, -0.05) is 0 Å². The lowest BCUT2D eigenvalue weighted by atomic mass is 10.1. The Hall–Kier alpha value is -4.28. The Balaban J connectivity index is 5.62. The summed E-state index contributed by atoms with van der Waals surface area (Å²) in [5, 5.41) is 32.5. The minimum atomic E-state index is -1.91. The predicted molar refractivity (Wildman–Crippen MR) is 108 cm³/mol. The molecule has 0 spiro atoms. The van der Waals surface area contributed by atoms with Gasteiger partial charge in [-0.05, 0) is 6.42 Å². The number of rotatable bonds is 16. The van der Waals surface area contributed by atoms with Crippen LogP contribution in [0.2, 0.25) is 0 Å². The van der Waals surface area contributed by atoms with Crippen molar-refractivity contribution in [1.29, 1.82) is 0 Å². The van der Waals surface area contributed by atoms with Crippen molar-refractivity contribution in [3.63, 3.8) is 0 Å². The van der Waals surface area contributed by atoms with E-state index < -0.39 is 104 Å². The van der Waals surface area contributed by atoms with E-state index in [9.17, 15) is 38.4 Å². The highest BCUT2D eigenvalue weighted by atomic mass is 16.4. The monoisotopic (exact) mass is 490 g/mol.